The van der Waals surface area contributed by atoms with E-state index in [-0.39, 0.29) is 17.5 Å². The molecule has 4 N–H and O–H groups in total. The zero-order valence-corrected chi connectivity index (χ0v) is 16.9. The monoisotopic (exact) mass is 398 g/mol. The van der Waals surface area contributed by atoms with E-state index in [1.807, 2.05) is 18.2 Å². The van der Waals surface area contributed by atoms with Crippen LogP contribution in [-0.2, 0) is 6.42 Å². The molecule has 156 valence electrons. The Balaban J connectivity index is 1.81. The highest BCUT2D eigenvalue weighted by molar-refractivity contribution is 5.54. The zero-order valence-electron chi connectivity index (χ0n) is 16.9. The van der Waals surface area contributed by atoms with Crippen LogP contribution in [0.1, 0.15) is 38.2 Å². The van der Waals surface area contributed by atoms with Crippen molar-refractivity contribution in [2.45, 2.75) is 45.1 Å². The Labute approximate surface area is 171 Å². The van der Waals surface area contributed by atoms with Crippen LogP contribution in [0.15, 0.2) is 36.5 Å². The van der Waals surface area contributed by atoms with Crippen molar-refractivity contribution in [3.05, 3.63) is 52.2 Å². The summed E-state index contributed by atoms with van der Waals surface area (Å²) in [6.07, 6.45) is 6.58. The Morgan fingerprint density at radius 1 is 1.21 bits per heavy atom. The maximum Gasteiger partial charge on any atom is 0.329 e. The van der Waals surface area contributed by atoms with Gasteiger partial charge in [-0.25, -0.2) is 4.98 Å². The summed E-state index contributed by atoms with van der Waals surface area (Å²) in [4.78, 5) is 21.3. The summed E-state index contributed by atoms with van der Waals surface area (Å²) in [5.41, 5.74) is 12.7. The molecule has 1 heterocycles. The zero-order chi connectivity index (χ0) is 20.8. The molecule has 3 rings (SSSR count). The van der Waals surface area contributed by atoms with Crippen molar-refractivity contribution in [2.75, 3.05) is 23.7 Å². The standard InChI is InChI=1S/C21H30N6O2/c1-15(11-16-5-3-2-4-6-16)26(14-18-9-7-17(12-22)8-10-18)21-24-13-19(27(28)29)20(23)25-21/h2-6,13,15,17-18H,7-12,14,22H2,1H3,(H2,23,24,25). The van der Waals surface area contributed by atoms with Gasteiger partial charge in [0.1, 0.15) is 6.20 Å². The molecule has 8 heteroatoms. The first-order valence-electron chi connectivity index (χ1n) is 10.3. The minimum atomic E-state index is -0.551. The number of nitrogens with two attached hydrogens (primary N) is 2. The molecular weight excluding hydrogens is 368 g/mol. The molecule has 1 unspecified atom stereocenters. The fraction of sp³-hybridized carbons (Fsp3) is 0.524. The number of aromatic nitrogens is 2. The van der Waals surface area contributed by atoms with Crippen LogP contribution < -0.4 is 16.4 Å². The fourth-order valence-electron chi connectivity index (χ4n) is 4.11. The molecule has 0 saturated heterocycles. The molecule has 1 aliphatic rings. The lowest BCUT2D eigenvalue weighted by Gasteiger charge is -2.35. The minimum Gasteiger partial charge on any atom is -0.378 e. The van der Waals surface area contributed by atoms with E-state index in [0.717, 1.165) is 45.2 Å². The van der Waals surface area contributed by atoms with E-state index in [1.54, 1.807) is 0 Å². The third-order valence-electron chi connectivity index (χ3n) is 5.90. The Bertz CT molecular complexity index is 808. The van der Waals surface area contributed by atoms with E-state index in [9.17, 15) is 10.1 Å². The number of anilines is 2. The molecule has 1 aromatic carbocycles. The van der Waals surface area contributed by atoms with Gasteiger partial charge >= 0.3 is 5.69 Å². The van der Waals surface area contributed by atoms with Crippen LogP contribution in [-0.4, -0.2) is 34.0 Å². The fourth-order valence-corrected chi connectivity index (χ4v) is 4.11. The molecule has 29 heavy (non-hydrogen) atoms. The number of benzene rings is 1. The summed E-state index contributed by atoms with van der Waals surface area (Å²) in [7, 11) is 0. The molecule has 1 aromatic heterocycles. The predicted octanol–water partition coefficient (Wildman–Crippen LogP) is 3.17. The van der Waals surface area contributed by atoms with Crippen molar-refractivity contribution >= 4 is 17.5 Å². The highest BCUT2D eigenvalue weighted by atomic mass is 16.6. The van der Waals surface area contributed by atoms with Gasteiger partial charge in [0, 0.05) is 12.6 Å². The lowest BCUT2D eigenvalue weighted by atomic mass is 9.81. The van der Waals surface area contributed by atoms with Crippen LogP contribution in [0.4, 0.5) is 17.5 Å². The molecule has 0 radical (unpaired) electrons. The van der Waals surface area contributed by atoms with E-state index in [4.69, 9.17) is 11.5 Å². The van der Waals surface area contributed by atoms with Crippen molar-refractivity contribution < 1.29 is 4.92 Å². The van der Waals surface area contributed by atoms with Gasteiger partial charge in [0.05, 0.1) is 4.92 Å². The molecule has 0 aliphatic heterocycles. The number of rotatable bonds is 8. The summed E-state index contributed by atoms with van der Waals surface area (Å²) in [5.74, 6) is 1.50. The van der Waals surface area contributed by atoms with Crippen molar-refractivity contribution in [1.29, 1.82) is 0 Å². The Morgan fingerprint density at radius 2 is 1.86 bits per heavy atom. The normalized spacial score (nSPS) is 20.2. The quantitative estimate of drug-likeness (QED) is 0.517. The summed E-state index contributed by atoms with van der Waals surface area (Å²) in [6.45, 7) is 3.70. The second-order valence-corrected chi connectivity index (χ2v) is 8.01. The van der Waals surface area contributed by atoms with E-state index < -0.39 is 4.92 Å². The second-order valence-electron chi connectivity index (χ2n) is 8.01. The number of hydrogen-bond acceptors (Lipinski definition) is 7. The molecule has 1 aliphatic carbocycles. The predicted molar refractivity (Wildman–Crippen MR) is 115 cm³/mol. The summed E-state index contributed by atoms with van der Waals surface area (Å²) in [5, 5.41) is 11.1. The molecular formula is C21H30N6O2. The molecule has 0 spiro atoms. The van der Waals surface area contributed by atoms with Crippen LogP contribution in [0.5, 0.6) is 0 Å². The lowest BCUT2D eigenvalue weighted by molar-refractivity contribution is -0.384. The van der Waals surface area contributed by atoms with Crippen LogP contribution in [0.3, 0.4) is 0 Å². The summed E-state index contributed by atoms with van der Waals surface area (Å²) in [6, 6.07) is 10.4. The van der Waals surface area contributed by atoms with Crippen LogP contribution >= 0.6 is 0 Å². The topological polar surface area (TPSA) is 124 Å². The van der Waals surface area contributed by atoms with Crippen LogP contribution in [0.2, 0.25) is 0 Å². The third-order valence-corrected chi connectivity index (χ3v) is 5.90. The van der Waals surface area contributed by atoms with Gasteiger partial charge in [-0.05, 0) is 63.0 Å². The number of nitro groups is 1. The van der Waals surface area contributed by atoms with Crippen molar-refractivity contribution in [1.82, 2.24) is 9.97 Å². The average molecular weight is 399 g/mol. The molecule has 1 atom stereocenters. The third kappa shape index (κ3) is 5.41. The summed E-state index contributed by atoms with van der Waals surface area (Å²) >= 11 is 0. The highest BCUT2D eigenvalue weighted by Crippen LogP contribution is 2.31. The molecule has 0 amide bonds. The Morgan fingerprint density at radius 3 is 2.45 bits per heavy atom. The maximum atomic E-state index is 11.1. The van der Waals surface area contributed by atoms with E-state index in [0.29, 0.717) is 17.8 Å². The first-order valence-corrected chi connectivity index (χ1v) is 10.3. The largest absolute Gasteiger partial charge is 0.378 e. The summed E-state index contributed by atoms with van der Waals surface area (Å²) < 4.78 is 0. The van der Waals surface area contributed by atoms with Gasteiger partial charge in [-0.3, -0.25) is 10.1 Å². The van der Waals surface area contributed by atoms with E-state index in [2.05, 4.69) is 33.9 Å². The van der Waals surface area contributed by atoms with Crippen LogP contribution in [0.25, 0.3) is 0 Å². The first-order chi connectivity index (χ1) is 14.0. The maximum absolute atomic E-state index is 11.1. The molecule has 0 bridgehead atoms. The second kappa shape index (κ2) is 9.65. The van der Waals surface area contributed by atoms with Crippen molar-refractivity contribution in [2.24, 2.45) is 17.6 Å². The molecule has 1 fully saturated rings. The van der Waals surface area contributed by atoms with Gasteiger partial charge in [-0.2, -0.15) is 4.98 Å². The van der Waals surface area contributed by atoms with Gasteiger partial charge in [-0.15, -0.1) is 0 Å². The van der Waals surface area contributed by atoms with Gasteiger partial charge in [0.25, 0.3) is 0 Å². The smallest absolute Gasteiger partial charge is 0.329 e. The Hall–Kier alpha value is -2.74. The number of hydrogen-bond donors (Lipinski definition) is 2. The van der Waals surface area contributed by atoms with Gasteiger partial charge in [-0.1, -0.05) is 30.3 Å². The number of nitrogen functional groups attached to an aromatic ring is 1. The van der Waals surface area contributed by atoms with Gasteiger partial charge in [0.15, 0.2) is 0 Å². The lowest BCUT2D eigenvalue weighted by Crippen LogP contribution is -2.41. The van der Waals surface area contributed by atoms with E-state index in [1.165, 1.54) is 11.8 Å². The van der Waals surface area contributed by atoms with Crippen molar-refractivity contribution in [3.63, 3.8) is 0 Å². The molecule has 8 nitrogen and oxygen atoms in total. The first kappa shape index (κ1) is 21.0. The average Bonchev–Trinajstić information content (AvgIpc) is 2.72. The van der Waals surface area contributed by atoms with E-state index >= 15 is 0 Å². The SMILES string of the molecule is CC(Cc1ccccc1)N(CC1CCC(CN)CC1)c1ncc([N+](=O)[O-])c(N)n1. The number of nitrogens with zero attached hydrogens (tertiary/aromatic N) is 4. The van der Waals surface area contributed by atoms with Crippen molar-refractivity contribution in [3.8, 4) is 0 Å². The minimum absolute atomic E-state index is 0.0937. The Kier molecular flexibility index (Phi) is 6.98. The van der Waals surface area contributed by atoms with Crippen LogP contribution in [0, 0.1) is 22.0 Å². The molecule has 2 aromatic rings. The van der Waals surface area contributed by atoms with Gasteiger partial charge < -0.3 is 16.4 Å². The van der Waals surface area contributed by atoms with Gasteiger partial charge in [0.2, 0.25) is 11.8 Å². The molecule has 1 saturated carbocycles. The highest BCUT2D eigenvalue weighted by Gasteiger charge is 2.27.